The molecule has 20 heavy (non-hydrogen) atoms. The van der Waals surface area contributed by atoms with Crippen LogP contribution in [0, 0.1) is 13.8 Å². The zero-order valence-electron chi connectivity index (χ0n) is 12.7. The number of hydrogen-bond donors (Lipinski definition) is 1. The second kappa shape index (κ2) is 5.88. The summed E-state index contributed by atoms with van der Waals surface area (Å²) in [7, 11) is 0. The number of aromatic nitrogens is 2. The monoisotopic (exact) mass is 311 g/mol. The van der Waals surface area contributed by atoms with Crippen molar-refractivity contribution in [3.63, 3.8) is 0 Å². The maximum absolute atomic E-state index is 6.18. The number of hydrogen-bond acceptors (Lipinski definition) is 3. The molecule has 0 saturated heterocycles. The predicted octanol–water partition coefficient (Wildman–Crippen LogP) is 4.15. The molecule has 0 aromatic carbocycles. The fourth-order valence-corrected chi connectivity index (χ4v) is 3.01. The van der Waals surface area contributed by atoms with Crippen molar-refractivity contribution in [2.24, 2.45) is 0 Å². The van der Waals surface area contributed by atoms with Gasteiger partial charge in [-0.25, -0.2) is 0 Å². The quantitative estimate of drug-likeness (QED) is 0.919. The van der Waals surface area contributed by atoms with Crippen molar-refractivity contribution in [1.82, 2.24) is 15.1 Å². The summed E-state index contributed by atoms with van der Waals surface area (Å²) in [6.07, 6.45) is 0. The SMILES string of the molecule is Cc1nn(Cc2ccc(CNC(C)(C)C)s2)c(C)c1Cl. The number of aryl methyl sites for hydroxylation is 1. The summed E-state index contributed by atoms with van der Waals surface area (Å²) in [5.41, 5.74) is 2.08. The van der Waals surface area contributed by atoms with Crippen molar-refractivity contribution in [3.05, 3.63) is 38.3 Å². The molecule has 0 amide bonds. The van der Waals surface area contributed by atoms with E-state index in [2.05, 4.69) is 43.3 Å². The highest BCUT2D eigenvalue weighted by Gasteiger charge is 2.12. The van der Waals surface area contributed by atoms with Gasteiger partial charge in [-0.3, -0.25) is 4.68 Å². The van der Waals surface area contributed by atoms with Crippen LogP contribution in [0.15, 0.2) is 12.1 Å². The Labute approximate surface area is 130 Å². The molecule has 2 aromatic heterocycles. The highest BCUT2D eigenvalue weighted by molar-refractivity contribution is 7.11. The fourth-order valence-electron chi connectivity index (χ4n) is 1.93. The Morgan fingerprint density at radius 2 is 1.90 bits per heavy atom. The van der Waals surface area contributed by atoms with Gasteiger partial charge in [0.2, 0.25) is 0 Å². The van der Waals surface area contributed by atoms with Gasteiger partial charge in [0.25, 0.3) is 0 Å². The molecular weight excluding hydrogens is 290 g/mol. The maximum atomic E-state index is 6.18. The molecule has 0 unspecified atom stereocenters. The number of nitrogens with zero attached hydrogens (tertiary/aromatic N) is 2. The molecule has 0 aliphatic rings. The highest BCUT2D eigenvalue weighted by atomic mass is 35.5. The molecule has 110 valence electrons. The van der Waals surface area contributed by atoms with Crippen LogP contribution in [-0.4, -0.2) is 15.3 Å². The van der Waals surface area contributed by atoms with Gasteiger partial charge >= 0.3 is 0 Å². The van der Waals surface area contributed by atoms with Crippen LogP contribution in [-0.2, 0) is 13.1 Å². The Morgan fingerprint density at radius 1 is 1.25 bits per heavy atom. The van der Waals surface area contributed by atoms with Gasteiger partial charge in [0.15, 0.2) is 0 Å². The zero-order chi connectivity index (χ0) is 14.9. The number of rotatable bonds is 4. The van der Waals surface area contributed by atoms with Crippen molar-refractivity contribution < 1.29 is 0 Å². The summed E-state index contributed by atoms with van der Waals surface area (Å²) < 4.78 is 1.98. The third-order valence-electron chi connectivity index (χ3n) is 3.11. The van der Waals surface area contributed by atoms with E-state index in [1.54, 1.807) is 0 Å². The molecule has 0 saturated carbocycles. The Kier molecular flexibility index (Phi) is 4.57. The van der Waals surface area contributed by atoms with Crippen LogP contribution in [0.2, 0.25) is 5.02 Å². The average molecular weight is 312 g/mol. The smallest absolute Gasteiger partial charge is 0.0844 e. The van der Waals surface area contributed by atoms with Crippen LogP contribution in [0.5, 0.6) is 0 Å². The molecule has 0 fully saturated rings. The first-order valence-corrected chi connectivity index (χ1v) is 7.98. The fraction of sp³-hybridized carbons (Fsp3) is 0.533. The number of thiophene rings is 1. The standard InChI is InChI=1S/C15H22ClN3S/c1-10-14(16)11(2)19(18-10)9-13-7-6-12(20-13)8-17-15(3,4)5/h6-7,17H,8-9H2,1-5H3. The van der Waals surface area contributed by atoms with Gasteiger partial charge in [-0.05, 0) is 46.8 Å². The summed E-state index contributed by atoms with van der Waals surface area (Å²) in [6.45, 7) is 12.2. The highest BCUT2D eigenvalue weighted by Crippen LogP contribution is 2.23. The van der Waals surface area contributed by atoms with Gasteiger partial charge < -0.3 is 5.32 Å². The van der Waals surface area contributed by atoms with Crippen LogP contribution in [0.4, 0.5) is 0 Å². The van der Waals surface area contributed by atoms with Crippen LogP contribution < -0.4 is 5.32 Å². The van der Waals surface area contributed by atoms with Gasteiger partial charge in [0, 0.05) is 21.8 Å². The van der Waals surface area contributed by atoms with E-state index >= 15 is 0 Å². The van der Waals surface area contributed by atoms with Crippen molar-refractivity contribution in [2.75, 3.05) is 0 Å². The van der Waals surface area contributed by atoms with Crippen LogP contribution in [0.25, 0.3) is 0 Å². The molecule has 0 atom stereocenters. The third kappa shape index (κ3) is 3.84. The van der Waals surface area contributed by atoms with Gasteiger partial charge in [-0.2, -0.15) is 5.10 Å². The Morgan fingerprint density at radius 3 is 2.45 bits per heavy atom. The van der Waals surface area contributed by atoms with Crippen molar-refractivity contribution in [1.29, 1.82) is 0 Å². The first-order valence-electron chi connectivity index (χ1n) is 6.78. The van der Waals surface area contributed by atoms with Gasteiger partial charge in [0.05, 0.1) is 23.0 Å². The second-order valence-electron chi connectivity index (χ2n) is 6.11. The lowest BCUT2D eigenvalue weighted by Crippen LogP contribution is -2.34. The van der Waals surface area contributed by atoms with Crippen molar-refractivity contribution in [3.8, 4) is 0 Å². The van der Waals surface area contributed by atoms with E-state index in [0.29, 0.717) is 0 Å². The molecule has 0 radical (unpaired) electrons. The number of nitrogens with one attached hydrogen (secondary N) is 1. The van der Waals surface area contributed by atoms with Crippen molar-refractivity contribution >= 4 is 22.9 Å². The molecule has 2 aromatic rings. The van der Waals surface area contributed by atoms with E-state index in [4.69, 9.17) is 11.6 Å². The molecule has 0 aliphatic carbocycles. The summed E-state index contributed by atoms with van der Waals surface area (Å²) in [5.74, 6) is 0. The first kappa shape index (κ1) is 15.5. The Bertz CT molecular complexity index is 593. The molecule has 2 rings (SSSR count). The van der Waals surface area contributed by atoms with E-state index < -0.39 is 0 Å². The summed E-state index contributed by atoms with van der Waals surface area (Å²) in [4.78, 5) is 2.65. The van der Waals surface area contributed by atoms with E-state index in [9.17, 15) is 0 Å². The minimum absolute atomic E-state index is 0.146. The largest absolute Gasteiger partial charge is 0.307 e. The molecule has 3 nitrogen and oxygen atoms in total. The lowest BCUT2D eigenvalue weighted by molar-refractivity contribution is 0.426. The molecular formula is C15H22ClN3S. The topological polar surface area (TPSA) is 29.9 Å². The summed E-state index contributed by atoms with van der Waals surface area (Å²) in [5, 5.41) is 8.76. The van der Waals surface area contributed by atoms with E-state index in [0.717, 1.165) is 29.5 Å². The average Bonchev–Trinajstić information content (AvgIpc) is 2.88. The normalized spacial score (nSPS) is 12.1. The number of halogens is 1. The van der Waals surface area contributed by atoms with Crippen LogP contribution >= 0.6 is 22.9 Å². The summed E-state index contributed by atoms with van der Waals surface area (Å²) >= 11 is 8.01. The molecule has 1 N–H and O–H groups in total. The predicted molar refractivity (Wildman–Crippen MR) is 86.7 cm³/mol. The van der Waals surface area contributed by atoms with Crippen LogP contribution in [0.1, 0.15) is 41.9 Å². The van der Waals surface area contributed by atoms with Crippen LogP contribution in [0.3, 0.4) is 0 Å². The molecule has 0 bridgehead atoms. The molecule has 2 heterocycles. The van der Waals surface area contributed by atoms with E-state index in [-0.39, 0.29) is 5.54 Å². The first-order chi connectivity index (χ1) is 9.26. The Hall–Kier alpha value is -0.840. The van der Waals surface area contributed by atoms with E-state index in [1.807, 2.05) is 29.9 Å². The van der Waals surface area contributed by atoms with Gasteiger partial charge in [0.1, 0.15) is 0 Å². The maximum Gasteiger partial charge on any atom is 0.0844 e. The lowest BCUT2D eigenvalue weighted by atomic mass is 10.1. The zero-order valence-corrected chi connectivity index (χ0v) is 14.3. The molecule has 5 heteroatoms. The minimum atomic E-state index is 0.146. The van der Waals surface area contributed by atoms with Gasteiger partial charge in [-0.1, -0.05) is 11.6 Å². The van der Waals surface area contributed by atoms with Crippen molar-refractivity contribution in [2.45, 2.75) is 53.2 Å². The van der Waals surface area contributed by atoms with Gasteiger partial charge in [-0.15, -0.1) is 11.3 Å². The molecule has 0 spiro atoms. The summed E-state index contributed by atoms with van der Waals surface area (Å²) in [6, 6.07) is 4.36. The second-order valence-corrected chi connectivity index (χ2v) is 7.74. The Balaban J connectivity index is 2.04. The minimum Gasteiger partial charge on any atom is -0.307 e. The lowest BCUT2D eigenvalue weighted by Gasteiger charge is -2.19. The molecule has 0 aliphatic heterocycles. The van der Waals surface area contributed by atoms with E-state index in [1.165, 1.54) is 9.75 Å². The third-order valence-corrected chi connectivity index (χ3v) is 4.73.